The summed E-state index contributed by atoms with van der Waals surface area (Å²) in [4.78, 5) is 9.04. The van der Waals surface area contributed by atoms with Gasteiger partial charge in [0.05, 0.1) is 12.8 Å². The van der Waals surface area contributed by atoms with Gasteiger partial charge in [-0.3, -0.25) is 0 Å². The molecule has 0 unspecified atom stereocenters. The largest absolute Gasteiger partial charge is 0.495 e. The van der Waals surface area contributed by atoms with Gasteiger partial charge in [0.2, 0.25) is 5.95 Å². The minimum atomic E-state index is 0.518. The van der Waals surface area contributed by atoms with Gasteiger partial charge in [-0.15, -0.1) is 0 Å². The molecule has 3 aromatic rings. The first-order chi connectivity index (χ1) is 12.4. The van der Waals surface area contributed by atoms with E-state index in [1.807, 2.05) is 63.2 Å². The minimum Gasteiger partial charge on any atom is -0.495 e. The molecule has 1 heterocycles. The molecule has 6 heteroatoms. The topological polar surface area (TPSA) is 59.1 Å². The number of aryl methyl sites for hydroxylation is 3. The van der Waals surface area contributed by atoms with Crippen LogP contribution in [-0.2, 0) is 0 Å². The number of anilines is 4. The predicted octanol–water partition coefficient (Wildman–Crippen LogP) is 5.55. The van der Waals surface area contributed by atoms with Gasteiger partial charge < -0.3 is 15.4 Å². The lowest BCUT2D eigenvalue weighted by molar-refractivity contribution is 0.416. The first-order valence-electron chi connectivity index (χ1n) is 8.25. The Hall–Kier alpha value is -2.79. The smallest absolute Gasteiger partial charge is 0.229 e. The first kappa shape index (κ1) is 18.0. The molecular weight excluding hydrogens is 348 g/mol. The molecule has 1 aromatic heterocycles. The monoisotopic (exact) mass is 368 g/mol. The van der Waals surface area contributed by atoms with Gasteiger partial charge in [-0.1, -0.05) is 17.7 Å². The van der Waals surface area contributed by atoms with Gasteiger partial charge in [0.25, 0.3) is 0 Å². The molecule has 0 bridgehead atoms. The summed E-state index contributed by atoms with van der Waals surface area (Å²) in [7, 11) is 1.65. The summed E-state index contributed by atoms with van der Waals surface area (Å²) in [5.41, 5.74) is 4.79. The Bertz CT molecular complexity index is 943. The van der Waals surface area contributed by atoms with Crippen LogP contribution in [0.5, 0.6) is 5.75 Å². The molecule has 0 aliphatic rings. The van der Waals surface area contributed by atoms with Gasteiger partial charge in [-0.25, -0.2) is 4.98 Å². The molecule has 134 valence electrons. The molecule has 0 radical (unpaired) electrons. The van der Waals surface area contributed by atoms with Crippen LogP contribution in [0.15, 0.2) is 42.5 Å². The number of hydrogen-bond acceptors (Lipinski definition) is 5. The molecule has 0 saturated carbocycles. The van der Waals surface area contributed by atoms with Crippen molar-refractivity contribution in [3.05, 3.63) is 64.3 Å². The molecule has 0 fully saturated rings. The Morgan fingerprint density at radius 1 is 0.885 bits per heavy atom. The zero-order valence-electron chi connectivity index (χ0n) is 15.2. The third kappa shape index (κ3) is 4.24. The lowest BCUT2D eigenvalue weighted by Gasteiger charge is -2.14. The van der Waals surface area contributed by atoms with Gasteiger partial charge in [-0.05, 0) is 62.2 Å². The number of hydrogen-bond donors (Lipinski definition) is 2. The fraction of sp³-hybridized carbons (Fsp3) is 0.200. The molecule has 0 saturated heterocycles. The van der Waals surface area contributed by atoms with Crippen LogP contribution < -0.4 is 15.4 Å². The summed E-state index contributed by atoms with van der Waals surface area (Å²) in [6, 6.07) is 13.5. The van der Waals surface area contributed by atoms with E-state index in [9.17, 15) is 0 Å². The third-order valence-corrected chi connectivity index (χ3v) is 4.14. The van der Waals surface area contributed by atoms with Crippen molar-refractivity contribution in [1.82, 2.24) is 9.97 Å². The summed E-state index contributed by atoms with van der Waals surface area (Å²) >= 11 is 6.02. The molecule has 3 rings (SSSR count). The van der Waals surface area contributed by atoms with Crippen molar-refractivity contribution < 1.29 is 4.74 Å². The fourth-order valence-corrected chi connectivity index (χ4v) is 2.86. The molecular formula is C20H21ClN4O. The summed E-state index contributed by atoms with van der Waals surface area (Å²) in [5.74, 6) is 1.97. The van der Waals surface area contributed by atoms with Crippen LogP contribution in [-0.4, -0.2) is 17.1 Å². The Morgan fingerprint density at radius 2 is 1.69 bits per heavy atom. The average molecular weight is 369 g/mol. The standard InChI is InChI=1S/C20H21ClN4O/c1-12-5-8-18(26-4)17(9-12)23-19-11-14(3)22-20(25-19)24-16-7-6-15(21)10-13(16)2/h5-11H,1-4H3,(H2,22,23,24,25). The van der Waals surface area contributed by atoms with E-state index in [0.29, 0.717) is 16.8 Å². The van der Waals surface area contributed by atoms with Crippen molar-refractivity contribution in [2.45, 2.75) is 20.8 Å². The zero-order valence-corrected chi connectivity index (χ0v) is 16.0. The van der Waals surface area contributed by atoms with Gasteiger partial charge in [-0.2, -0.15) is 4.98 Å². The van der Waals surface area contributed by atoms with E-state index in [-0.39, 0.29) is 0 Å². The molecule has 26 heavy (non-hydrogen) atoms. The maximum atomic E-state index is 6.02. The highest BCUT2D eigenvalue weighted by Gasteiger charge is 2.08. The maximum Gasteiger partial charge on any atom is 0.229 e. The van der Waals surface area contributed by atoms with Gasteiger partial charge in [0.15, 0.2) is 0 Å². The average Bonchev–Trinajstić information content (AvgIpc) is 2.57. The number of nitrogens with one attached hydrogen (secondary N) is 2. The van der Waals surface area contributed by atoms with E-state index in [1.54, 1.807) is 7.11 Å². The first-order valence-corrected chi connectivity index (χ1v) is 8.63. The Morgan fingerprint density at radius 3 is 2.42 bits per heavy atom. The zero-order chi connectivity index (χ0) is 18.7. The number of methoxy groups -OCH3 is 1. The molecule has 5 nitrogen and oxygen atoms in total. The molecule has 0 atom stereocenters. The van der Waals surface area contributed by atoms with Crippen LogP contribution in [0.3, 0.4) is 0 Å². The molecule has 0 spiro atoms. The Balaban J connectivity index is 1.89. The number of benzene rings is 2. The molecule has 2 N–H and O–H groups in total. The number of rotatable bonds is 5. The van der Waals surface area contributed by atoms with Crippen molar-refractivity contribution in [2.24, 2.45) is 0 Å². The highest BCUT2D eigenvalue weighted by molar-refractivity contribution is 6.30. The van der Waals surface area contributed by atoms with Crippen molar-refractivity contribution in [2.75, 3.05) is 17.7 Å². The highest BCUT2D eigenvalue weighted by Crippen LogP contribution is 2.29. The number of halogens is 1. The van der Waals surface area contributed by atoms with Crippen molar-refractivity contribution in [3.63, 3.8) is 0 Å². The van der Waals surface area contributed by atoms with E-state index < -0.39 is 0 Å². The second-order valence-electron chi connectivity index (χ2n) is 6.13. The van der Waals surface area contributed by atoms with Crippen LogP contribution >= 0.6 is 11.6 Å². The maximum absolute atomic E-state index is 6.02. The lowest BCUT2D eigenvalue weighted by Crippen LogP contribution is -2.04. The van der Waals surface area contributed by atoms with E-state index in [1.165, 1.54) is 0 Å². The van der Waals surface area contributed by atoms with Crippen LogP contribution in [0, 0.1) is 20.8 Å². The van der Waals surface area contributed by atoms with Crippen LogP contribution in [0.2, 0.25) is 5.02 Å². The van der Waals surface area contributed by atoms with Crippen molar-refractivity contribution >= 4 is 34.7 Å². The quantitative estimate of drug-likeness (QED) is 0.618. The second-order valence-corrected chi connectivity index (χ2v) is 6.57. The lowest BCUT2D eigenvalue weighted by atomic mass is 10.2. The summed E-state index contributed by atoms with van der Waals surface area (Å²) in [6.45, 7) is 5.95. The third-order valence-electron chi connectivity index (χ3n) is 3.91. The number of ether oxygens (including phenoxy) is 1. The van der Waals surface area contributed by atoms with Crippen LogP contribution in [0.1, 0.15) is 16.8 Å². The second kappa shape index (κ2) is 7.62. The van der Waals surface area contributed by atoms with Crippen LogP contribution in [0.4, 0.5) is 23.1 Å². The van der Waals surface area contributed by atoms with Gasteiger partial charge in [0, 0.05) is 22.5 Å². The Kier molecular flexibility index (Phi) is 5.28. The fourth-order valence-electron chi connectivity index (χ4n) is 2.63. The molecule has 0 amide bonds. The van der Waals surface area contributed by atoms with E-state index in [4.69, 9.17) is 16.3 Å². The van der Waals surface area contributed by atoms with Crippen molar-refractivity contribution in [1.29, 1.82) is 0 Å². The molecule has 0 aliphatic heterocycles. The predicted molar refractivity (Wildman–Crippen MR) is 107 cm³/mol. The number of nitrogens with zero attached hydrogens (tertiary/aromatic N) is 2. The molecule has 2 aromatic carbocycles. The number of aromatic nitrogens is 2. The normalized spacial score (nSPS) is 10.5. The summed E-state index contributed by atoms with van der Waals surface area (Å²) in [5, 5.41) is 7.27. The van der Waals surface area contributed by atoms with Gasteiger partial charge in [0.1, 0.15) is 11.6 Å². The minimum absolute atomic E-state index is 0.518. The highest BCUT2D eigenvalue weighted by atomic mass is 35.5. The van der Waals surface area contributed by atoms with E-state index in [0.717, 1.165) is 33.9 Å². The van der Waals surface area contributed by atoms with E-state index >= 15 is 0 Å². The van der Waals surface area contributed by atoms with E-state index in [2.05, 4.69) is 20.6 Å². The van der Waals surface area contributed by atoms with Crippen molar-refractivity contribution in [3.8, 4) is 5.75 Å². The SMILES string of the molecule is COc1ccc(C)cc1Nc1cc(C)nc(Nc2ccc(Cl)cc2C)n1. The Labute approximate surface area is 158 Å². The summed E-state index contributed by atoms with van der Waals surface area (Å²) in [6.07, 6.45) is 0. The van der Waals surface area contributed by atoms with Gasteiger partial charge >= 0.3 is 0 Å². The molecule has 0 aliphatic carbocycles. The van der Waals surface area contributed by atoms with Crippen LogP contribution in [0.25, 0.3) is 0 Å². The summed E-state index contributed by atoms with van der Waals surface area (Å²) < 4.78 is 5.42.